The number of rotatable bonds is 5. The third-order valence-electron chi connectivity index (χ3n) is 6.80. The summed E-state index contributed by atoms with van der Waals surface area (Å²) in [4.78, 5) is 45.3. The minimum absolute atomic E-state index is 0.159. The molecule has 0 aliphatic carbocycles. The molecule has 2 aromatic rings. The summed E-state index contributed by atoms with van der Waals surface area (Å²) in [6, 6.07) is 10.5. The monoisotopic (exact) mass is 474 g/mol. The first-order chi connectivity index (χ1) is 16.6. The van der Waals surface area contributed by atoms with Crippen LogP contribution in [-0.2, 0) is 4.79 Å². The fourth-order valence-electron chi connectivity index (χ4n) is 4.99. The lowest BCUT2D eigenvalue weighted by molar-refractivity contribution is -0.139. The van der Waals surface area contributed by atoms with Gasteiger partial charge in [0.05, 0.1) is 40.7 Å². The summed E-state index contributed by atoms with van der Waals surface area (Å²) in [5.74, 6) is -2.31. The molecule has 0 unspecified atom stereocenters. The number of benzene rings is 2. The van der Waals surface area contributed by atoms with Crippen LogP contribution >= 0.6 is 0 Å². The molecule has 0 aromatic heterocycles. The average molecular weight is 474 g/mol. The van der Waals surface area contributed by atoms with Gasteiger partial charge in [-0.05, 0) is 62.6 Å². The fourth-order valence-corrected chi connectivity index (χ4v) is 4.99. The van der Waals surface area contributed by atoms with E-state index in [4.69, 9.17) is 0 Å². The van der Waals surface area contributed by atoms with Crippen molar-refractivity contribution in [3.05, 3.63) is 81.5 Å². The number of hydrogen-bond donors (Lipinski definition) is 0. The maximum Gasteiger partial charge on any atom is 0.262 e. The first-order valence-corrected chi connectivity index (χ1v) is 11.1. The van der Waals surface area contributed by atoms with Gasteiger partial charge in [-0.1, -0.05) is 29.4 Å². The molecule has 3 amide bonds. The van der Waals surface area contributed by atoms with E-state index in [0.717, 1.165) is 4.90 Å². The summed E-state index contributed by atoms with van der Waals surface area (Å²) in [6.45, 7) is 4.77. The molecule has 2 aliphatic rings. The number of carbonyl (C=O) groups excluding carboxylic acids is 3. The van der Waals surface area contributed by atoms with Crippen LogP contribution in [0.2, 0.25) is 0 Å². The van der Waals surface area contributed by atoms with Crippen LogP contribution in [-0.4, -0.2) is 45.6 Å². The zero-order chi connectivity index (χ0) is 25.5. The molecule has 1 saturated heterocycles. The van der Waals surface area contributed by atoms with E-state index in [0.29, 0.717) is 5.56 Å². The molecule has 10 heteroatoms. The van der Waals surface area contributed by atoms with E-state index in [1.54, 1.807) is 32.0 Å². The summed E-state index contributed by atoms with van der Waals surface area (Å²) in [6.07, 6.45) is 0.159. The molecule has 178 valence electrons. The van der Waals surface area contributed by atoms with Crippen LogP contribution in [0, 0.1) is 22.6 Å². The normalized spacial score (nSPS) is 22.4. The van der Waals surface area contributed by atoms with Crippen LogP contribution in [0.15, 0.2) is 53.6 Å². The number of amides is 3. The lowest BCUT2D eigenvalue weighted by Crippen LogP contribution is -2.54. The van der Waals surface area contributed by atoms with Crippen LogP contribution in [0.3, 0.4) is 0 Å². The number of hydrogen-bond acceptors (Lipinski definition) is 5. The summed E-state index contributed by atoms with van der Waals surface area (Å²) >= 11 is 0. The highest BCUT2D eigenvalue weighted by Crippen LogP contribution is 2.45. The van der Waals surface area contributed by atoms with Gasteiger partial charge in [0.2, 0.25) is 5.91 Å². The maximum absolute atomic E-state index is 14.2. The van der Waals surface area contributed by atoms with Crippen LogP contribution in [0.25, 0.3) is 10.4 Å². The SMILES string of the molecule is C[C@H](C(=O)N1[C@H](c2cccc(F)c2)[C@@H](N=[N+]=[N-])C[C@@H]1C(C)(C)C#N)N1C(=O)c2ccccc2C1=O. The van der Waals surface area contributed by atoms with Gasteiger partial charge in [-0.15, -0.1) is 0 Å². The topological polar surface area (TPSA) is 130 Å². The Balaban J connectivity index is 1.80. The predicted octanol–water partition coefficient (Wildman–Crippen LogP) is 4.38. The van der Waals surface area contributed by atoms with Crippen LogP contribution in [0.4, 0.5) is 4.39 Å². The quantitative estimate of drug-likeness (QED) is 0.275. The van der Waals surface area contributed by atoms with Crippen molar-refractivity contribution < 1.29 is 18.8 Å². The van der Waals surface area contributed by atoms with Gasteiger partial charge >= 0.3 is 0 Å². The molecule has 2 heterocycles. The van der Waals surface area contributed by atoms with Crippen molar-refractivity contribution in [3.8, 4) is 6.07 Å². The van der Waals surface area contributed by atoms with Gasteiger partial charge in [0.1, 0.15) is 11.9 Å². The van der Waals surface area contributed by atoms with Gasteiger partial charge < -0.3 is 4.90 Å². The number of nitriles is 1. The minimum Gasteiger partial charge on any atom is -0.329 e. The third kappa shape index (κ3) is 3.90. The highest BCUT2D eigenvalue weighted by atomic mass is 19.1. The second kappa shape index (κ2) is 8.85. The van der Waals surface area contributed by atoms with Gasteiger partial charge in [0, 0.05) is 4.91 Å². The molecule has 1 fully saturated rings. The number of fused-ring (bicyclic) bond motifs is 1. The Morgan fingerprint density at radius 2 is 1.83 bits per heavy atom. The molecule has 4 atom stereocenters. The average Bonchev–Trinajstić information content (AvgIpc) is 3.34. The van der Waals surface area contributed by atoms with E-state index in [1.807, 2.05) is 0 Å². The molecule has 0 spiro atoms. The molecule has 4 rings (SSSR count). The van der Waals surface area contributed by atoms with E-state index in [2.05, 4.69) is 16.1 Å². The Labute approximate surface area is 201 Å². The maximum atomic E-state index is 14.2. The van der Waals surface area contributed by atoms with Crippen molar-refractivity contribution in [2.75, 3.05) is 0 Å². The lowest BCUT2D eigenvalue weighted by atomic mass is 9.84. The number of azide groups is 1. The van der Waals surface area contributed by atoms with E-state index in [9.17, 15) is 29.6 Å². The Bertz CT molecular complexity index is 1280. The van der Waals surface area contributed by atoms with Gasteiger partial charge in [0.15, 0.2) is 0 Å². The first-order valence-electron chi connectivity index (χ1n) is 11.1. The lowest BCUT2D eigenvalue weighted by Gasteiger charge is -2.39. The zero-order valence-corrected chi connectivity index (χ0v) is 19.4. The Morgan fingerprint density at radius 3 is 2.37 bits per heavy atom. The van der Waals surface area contributed by atoms with Crippen molar-refractivity contribution in [2.24, 2.45) is 10.5 Å². The largest absolute Gasteiger partial charge is 0.329 e. The van der Waals surface area contributed by atoms with E-state index in [1.165, 1.54) is 42.2 Å². The molecule has 0 saturated carbocycles. The zero-order valence-electron chi connectivity index (χ0n) is 19.4. The molecule has 0 N–H and O–H groups in total. The van der Waals surface area contributed by atoms with Crippen LogP contribution < -0.4 is 0 Å². The Hall–Kier alpha value is -4.22. The van der Waals surface area contributed by atoms with Gasteiger partial charge in [0.25, 0.3) is 11.8 Å². The molecule has 9 nitrogen and oxygen atoms in total. The number of carbonyl (C=O) groups is 3. The molecule has 0 bridgehead atoms. The number of imide groups is 1. The van der Waals surface area contributed by atoms with Crippen molar-refractivity contribution in [1.29, 1.82) is 5.26 Å². The molecular weight excluding hydrogens is 451 g/mol. The molecular formula is C25H23FN6O3. The standard InChI is InChI=1S/C25H23FN6O3/c1-14(31-23(34)17-9-4-5-10-18(17)24(31)35)22(33)32-20(25(2,3)13-27)12-19(29-30-28)21(32)15-7-6-8-16(26)11-15/h4-11,14,19-21H,12H2,1-3H3/t14-,19+,20-,21-/m1/s1. The summed E-state index contributed by atoms with van der Waals surface area (Å²) in [7, 11) is 0. The Kier molecular flexibility index (Phi) is 6.05. The second-order valence-electron chi connectivity index (χ2n) is 9.30. The molecule has 35 heavy (non-hydrogen) atoms. The van der Waals surface area contributed by atoms with Crippen LogP contribution in [0.1, 0.15) is 59.5 Å². The van der Waals surface area contributed by atoms with E-state index >= 15 is 0 Å². The molecule has 0 radical (unpaired) electrons. The number of likely N-dealkylation sites (tertiary alicyclic amines) is 1. The van der Waals surface area contributed by atoms with Crippen molar-refractivity contribution in [2.45, 2.75) is 51.4 Å². The van der Waals surface area contributed by atoms with Crippen molar-refractivity contribution in [1.82, 2.24) is 9.80 Å². The third-order valence-corrected chi connectivity index (χ3v) is 6.80. The molecule has 2 aliphatic heterocycles. The fraction of sp³-hybridized carbons (Fsp3) is 0.360. The van der Waals surface area contributed by atoms with E-state index < -0.39 is 53.1 Å². The van der Waals surface area contributed by atoms with Crippen LogP contribution in [0.5, 0.6) is 0 Å². The van der Waals surface area contributed by atoms with Gasteiger partial charge in [-0.2, -0.15) is 5.26 Å². The van der Waals surface area contributed by atoms with E-state index in [-0.39, 0.29) is 17.5 Å². The smallest absolute Gasteiger partial charge is 0.262 e. The Morgan fingerprint density at radius 1 is 1.20 bits per heavy atom. The molecule has 2 aromatic carbocycles. The van der Waals surface area contributed by atoms with Gasteiger partial charge in [-0.3, -0.25) is 19.3 Å². The van der Waals surface area contributed by atoms with Crippen molar-refractivity contribution >= 4 is 17.7 Å². The number of halogens is 1. The summed E-state index contributed by atoms with van der Waals surface area (Å²) in [5.41, 5.74) is 8.93. The van der Waals surface area contributed by atoms with Crippen molar-refractivity contribution in [3.63, 3.8) is 0 Å². The summed E-state index contributed by atoms with van der Waals surface area (Å²) < 4.78 is 14.2. The second-order valence-corrected chi connectivity index (χ2v) is 9.30. The minimum atomic E-state index is -1.21. The highest BCUT2D eigenvalue weighted by molar-refractivity contribution is 6.22. The van der Waals surface area contributed by atoms with Gasteiger partial charge in [-0.25, -0.2) is 4.39 Å². The predicted molar refractivity (Wildman–Crippen MR) is 123 cm³/mol. The first kappa shape index (κ1) is 23.9. The highest BCUT2D eigenvalue weighted by Gasteiger charge is 2.53. The summed E-state index contributed by atoms with van der Waals surface area (Å²) in [5, 5.41) is 13.7. The number of nitrogens with zero attached hydrogens (tertiary/aromatic N) is 6.